The summed E-state index contributed by atoms with van der Waals surface area (Å²) in [7, 11) is 0. The molecule has 252 valence electrons. The second-order valence-electron chi connectivity index (χ2n) is 13.5. The van der Waals surface area contributed by atoms with Crippen LogP contribution in [0.5, 0.6) is 0 Å². The van der Waals surface area contributed by atoms with E-state index in [1.807, 2.05) is 47.7 Å². The van der Waals surface area contributed by atoms with Crippen LogP contribution in [0.2, 0.25) is 0 Å². The quantitative estimate of drug-likeness (QED) is 0.179. The summed E-state index contributed by atoms with van der Waals surface area (Å²) in [6.45, 7) is 0. The Bertz CT molecular complexity index is 3200. The highest BCUT2D eigenvalue weighted by atomic mass is 32.1. The molecule has 54 heavy (non-hydrogen) atoms. The van der Waals surface area contributed by atoms with E-state index < -0.39 is 0 Å². The van der Waals surface area contributed by atoms with Crippen molar-refractivity contribution in [3.05, 3.63) is 176 Å². The van der Waals surface area contributed by atoms with Gasteiger partial charge in [-0.1, -0.05) is 140 Å². The third-order valence-corrected chi connectivity index (χ3v) is 11.5. The zero-order chi connectivity index (χ0) is 35.6. The number of benzene rings is 7. The van der Waals surface area contributed by atoms with Crippen molar-refractivity contribution in [1.82, 2.24) is 15.0 Å². The Morgan fingerprint density at radius 2 is 1.09 bits per heavy atom. The van der Waals surface area contributed by atoms with Crippen molar-refractivity contribution in [2.45, 2.75) is 0 Å². The highest BCUT2D eigenvalue weighted by molar-refractivity contribution is 7.26. The number of hydrogen-bond acceptors (Lipinski definition) is 5. The lowest BCUT2D eigenvalue weighted by Crippen LogP contribution is -1.96. The highest BCUT2D eigenvalue weighted by Gasteiger charge is 2.19. The van der Waals surface area contributed by atoms with Crippen molar-refractivity contribution in [3.8, 4) is 56.3 Å². The molecule has 0 saturated heterocycles. The number of hydrogen-bond donors (Lipinski definition) is 0. The van der Waals surface area contributed by atoms with Gasteiger partial charge in [0.05, 0.1) is 28.0 Å². The Morgan fingerprint density at radius 1 is 0.426 bits per heavy atom. The SMILES string of the molecule is c1ccc(-c2nc(-c3ccc(-c4ccc5oc6c7ccccc7nc(-c7ccccc7)c6c5c4)cc3)cc(-c3cccc4c3sc3ccccc34)n2)cc1. The zero-order valence-corrected chi connectivity index (χ0v) is 29.7. The Labute approximate surface area is 314 Å². The maximum atomic E-state index is 6.58. The van der Waals surface area contributed by atoms with E-state index in [4.69, 9.17) is 19.4 Å². The van der Waals surface area contributed by atoms with Crippen molar-refractivity contribution in [1.29, 1.82) is 0 Å². The first kappa shape index (κ1) is 30.7. The van der Waals surface area contributed by atoms with Gasteiger partial charge in [-0.05, 0) is 47.5 Å². The molecule has 0 fully saturated rings. The Hall–Kier alpha value is -6.95. The Balaban J connectivity index is 1.04. The highest BCUT2D eigenvalue weighted by Crippen LogP contribution is 2.42. The molecule has 0 aliphatic heterocycles. The van der Waals surface area contributed by atoms with E-state index in [2.05, 4.69) is 140 Å². The lowest BCUT2D eigenvalue weighted by atomic mass is 9.98. The van der Waals surface area contributed by atoms with Gasteiger partial charge in [0, 0.05) is 53.2 Å². The van der Waals surface area contributed by atoms with Crippen molar-refractivity contribution >= 4 is 64.4 Å². The van der Waals surface area contributed by atoms with E-state index in [1.165, 1.54) is 20.2 Å². The van der Waals surface area contributed by atoms with Crippen molar-refractivity contribution in [3.63, 3.8) is 0 Å². The summed E-state index contributed by atoms with van der Waals surface area (Å²) in [6.07, 6.45) is 0. The summed E-state index contributed by atoms with van der Waals surface area (Å²) in [5.41, 5.74) is 11.7. The molecule has 4 aromatic heterocycles. The number of fused-ring (bicyclic) bond motifs is 8. The van der Waals surface area contributed by atoms with Gasteiger partial charge in [-0.2, -0.15) is 0 Å². The molecule has 0 atom stereocenters. The third kappa shape index (κ3) is 5.01. The van der Waals surface area contributed by atoms with E-state index >= 15 is 0 Å². The molecule has 0 aliphatic rings. The van der Waals surface area contributed by atoms with Gasteiger partial charge in [-0.15, -0.1) is 11.3 Å². The van der Waals surface area contributed by atoms with Crippen LogP contribution < -0.4 is 0 Å². The van der Waals surface area contributed by atoms with Gasteiger partial charge in [-0.25, -0.2) is 15.0 Å². The van der Waals surface area contributed by atoms with Crippen LogP contribution in [0.25, 0.3) is 109 Å². The van der Waals surface area contributed by atoms with Crippen LogP contribution >= 0.6 is 11.3 Å². The minimum Gasteiger partial charge on any atom is -0.455 e. The van der Waals surface area contributed by atoms with Crippen LogP contribution in [0.15, 0.2) is 180 Å². The molecule has 0 N–H and O–H groups in total. The van der Waals surface area contributed by atoms with Crippen molar-refractivity contribution < 1.29 is 4.42 Å². The predicted octanol–water partition coefficient (Wildman–Crippen LogP) is 13.6. The fourth-order valence-corrected chi connectivity index (χ4v) is 8.90. The Morgan fingerprint density at radius 3 is 1.93 bits per heavy atom. The Kier molecular flexibility index (Phi) is 7.00. The minimum absolute atomic E-state index is 0.706. The molecule has 7 aromatic carbocycles. The summed E-state index contributed by atoms with van der Waals surface area (Å²) in [4.78, 5) is 15.4. The van der Waals surface area contributed by atoms with E-state index in [9.17, 15) is 0 Å². The molecule has 0 aliphatic carbocycles. The number of rotatable bonds is 5. The van der Waals surface area contributed by atoms with Gasteiger partial charge in [0.1, 0.15) is 11.2 Å². The molecule has 0 saturated carbocycles. The van der Waals surface area contributed by atoms with Crippen LogP contribution in [0.1, 0.15) is 0 Å². The normalized spacial score (nSPS) is 11.7. The predicted molar refractivity (Wildman–Crippen MR) is 225 cm³/mol. The number of pyridine rings is 1. The molecular weight excluding hydrogens is 679 g/mol. The molecule has 0 radical (unpaired) electrons. The minimum atomic E-state index is 0.706. The first-order valence-electron chi connectivity index (χ1n) is 18.0. The zero-order valence-electron chi connectivity index (χ0n) is 28.9. The van der Waals surface area contributed by atoms with Crippen molar-refractivity contribution in [2.75, 3.05) is 0 Å². The monoisotopic (exact) mass is 707 g/mol. The fraction of sp³-hybridized carbons (Fsp3) is 0. The molecule has 4 heterocycles. The topological polar surface area (TPSA) is 51.8 Å². The van der Waals surface area contributed by atoms with Gasteiger partial charge in [0.25, 0.3) is 0 Å². The molecule has 0 spiro atoms. The third-order valence-electron chi connectivity index (χ3n) is 10.3. The van der Waals surface area contributed by atoms with E-state index in [-0.39, 0.29) is 0 Å². The molecule has 5 heteroatoms. The smallest absolute Gasteiger partial charge is 0.160 e. The van der Waals surface area contributed by atoms with Crippen LogP contribution in [0, 0.1) is 0 Å². The molecule has 0 unspecified atom stereocenters. The van der Waals surface area contributed by atoms with Gasteiger partial charge >= 0.3 is 0 Å². The second-order valence-corrected chi connectivity index (χ2v) is 14.6. The second kappa shape index (κ2) is 12.3. The summed E-state index contributed by atoms with van der Waals surface area (Å²) in [6, 6.07) is 61.2. The molecule has 0 amide bonds. The number of furan rings is 1. The lowest BCUT2D eigenvalue weighted by molar-refractivity contribution is 0.672. The summed E-state index contributed by atoms with van der Waals surface area (Å²) in [5, 5.41) is 5.61. The average molecular weight is 708 g/mol. The first-order chi connectivity index (χ1) is 26.7. The van der Waals surface area contributed by atoms with Crippen LogP contribution in [0.3, 0.4) is 0 Å². The van der Waals surface area contributed by atoms with Crippen LogP contribution in [0.4, 0.5) is 0 Å². The summed E-state index contributed by atoms with van der Waals surface area (Å²) >= 11 is 1.82. The maximum absolute atomic E-state index is 6.58. The maximum Gasteiger partial charge on any atom is 0.160 e. The van der Waals surface area contributed by atoms with Crippen molar-refractivity contribution in [2.24, 2.45) is 0 Å². The molecule has 4 nitrogen and oxygen atoms in total. The molecular formula is C49H29N3OS. The van der Waals surface area contributed by atoms with E-state index in [0.29, 0.717) is 5.82 Å². The number of para-hydroxylation sites is 1. The summed E-state index contributed by atoms with van der Waals surface area (Å²) < 4.78 is 9.09. The first-order valence-corrected chi connectivity index (χ1v) is 18.8. The lowest BCUT2D eigenvalue weighted by Gasteiger charge is -2.11. The molecule has 0 bridgehead atoms. The largest absolute Gasteiger partial charge is 0.455 e. The van der Waals surface area contributed by atoms with Gasteiger partial charge in [0.15, 0.2) is 5.82 Å². The van der Waals surface area contributed by atoms with Gasteiger partial charge < -0.3 is 4.42 Å². The molecule has 11 rings (SSSR count). The number of aromatic nitrogens is 3. The van der Waals surface area contributed by atoms with Crippen LogP contribution in [-0.4, -0.2) is 15.0 Å². The van der Waals surface area contributed by atoms with E-state index in [0.717, 1.165) is 83.3 Å². The fourth-order valence-electron chi connectivity index (χ4n) is 7.68. The van der Waals surface area contributed by atoms with E-state index in [1.54, 1.807) is 0 Å². The molecule has 11 aromatic rings. The van der Waals surface area contributed by atoms with Gasteiger partial charge in [-0.3, -0.25) is 0 Å². The standard InChI is InChI=1S/C49H29N3OS/c1-3-12-32(13-4-1)46-45-39-28-34(26-27-43(39)53-47(45)37-17-7-9-20-40(37)50-46)30-22-24-31(25-23-30)41-29-42(52-49(51-41)33-14-5-2-6-15-33)38-19-11-18-36-35-16-8-10-21-44(35)54-48(36)38/h1-29H. The van der Waals surface area contributed by atoms with Crippen LogP contribution in [-0.2, 0) is 0 Å². The average Bonchev–Trinajstić information content (AvgIpc) is 3.83. The van der Waals surface area contributed by atoms with Gasteiger partial charge in [0.2, 0.25) is 0 Å². The summed E-state index contributed by atoms with van der Waals surface area (Å²) in [5.74, 6) is 0.706. The number of thiophene rings is 1. The number of nitrogens with zero attached hydrogens (tertiary/aromatic N) is 3.